The fourth-order valence-electron chi connectivity index (χ4n) is 3.78. The number of nitrogens with one attached hydrogen (secondary N) is 1. The van der Waals surface area contributed by atoms with Gasteiger partial charge in [0, 0.05) is 37.2 Å². The number of hydrogen-bond acceptors (Lipinski definition) is 3. The first-order chi connectivity index (χ1) is 9.90. The summed E-state index contributed by atoms with van der Waals surface area (Å²) >= 11 is 0. The minimum absolute atomic E-state index is 0.221. The molecule has 1 heterocycles. The van der Waals surface area contributed by atoms with Crippen molar-refractivity contribution in [1.82, 2.24) is 10.2 Å². The largest absolute Gasteiger partial charge is 0.396 e. The number of hydrogen-bond donors (Lipinski definition) is 2. The Morgan fingerprint density at radius 3 is 2.43 bits per heavy atom. The van der Waals surface area contributed by atoms with Crippen LogP contribution in [0.25, 0.3) is 0 Å². The zero-order chi connectivity index (χ0) is 15.5. The number of carbonyl (C=O) groups is 1. The Balaban J connectivity index is 1.98. The van der Waals surface area contributed by atoms with Crippen LogP contribution in [0, 0.1) is 11.3 Å². The summed E-state index contributed by atoms with van der Waals surface area (Å²) < 4.78 is 0. The minimum atomic E-state index is -0.320. The normalized spacial score (nSPS) is 28.1. The third kappa shape index (κ3) is 4.68. The number of piperidine rings is 1. The van der Waals surface area contributed by atoms with Crippen molar-refractivity contribution in [3.8, 4) is 0 Å². The third-order valence-electron chi connectivity index (χ3n) is 4.83. The molecule has 0 aromatic rings. The number of aliphatic hydroxyl groups is 1. The molecule has 4 heteroatoms. The van der Waals surface area contributed by atoms with E-state index in [1.807, 2.05) is 25.7 Å². The lowest BCUT2D eigenvalue weighted by molar-refractivity contribution is -0.142. The smallest absolute Gasteiger partial charge is 0.228 e. The maximum atomic E-state index is 12.6. The molecule has 2 rings (SSSR count). The SMILES string of the molecule is CC(C)(C)C(=O)N1CC(CCO)CC(NC2CCCC2)C1. The zero-order valence-electron chi connectivity index (χ0n) is 13.9. The van der Waals surface area contributed by atoms with Crippen LogP contribution in [0.4, 0.5) is 0 Å². The highest BCUT2D eigenvalue weighted by atomic mass is 16.3. The van der Waals surface area contributed by atoms with Gasteiger partial charge in [-0.1, -0.05) is 33.6 Å². The highest BCUT2D eigenvalue weighted by molar-refractivity contribution is 5.81. The first-order valence-corrected chi connectivity index (χ1v) is 8.56. The van der Waals surface area contributed by atoms with Crippen LogP contribution in [0.15, 0.2) is 0 Å². The van der Waals surface area contributed by atoms with Gasteiger partial charge in [0.05, 0.1) is 0 Å². The monoisotopic (exact) mass is 296 g/mol. The highest BCUT2D eigenvalue weighted by Crippen LogP contribution is 2.27. The van der Waals surface area contributed by atoms with Crippen molar-refractivity contribution in [3.05, 3.63) is 0 Å². The van der Waals surface area contributed by atoms with Gasteiger partial charge in [0.25, 0.3) is 0 Å². The summed E-state index contributed by atoms with van der Waals surface area (Å²) in [5.74, 6) is 0.664. The predicted molar refractivity (Wildman–Crippen MR) is 85.0 cm³/mol. The molecule has 0 spiro atoms. The second-order valence-electron chi connectivity index (χ2n) is 7.92. The molecule has 0 aromatic carbocycles. The van der Waals surface area contributed by atoms with E-state index in [2.05, 4.69) is 5.32 Å². The Morgan fingerprint density at radius 1 is 1.19 bits per heavy atom. The molecule has 2 aliphatic rings. The van der Waals surface area contributed by atoms with Crippen molar-refractivity contribution >= 4 is 5.91 Å². The van der Waals surface area contributed by atoms with Crippen LogP contribution < -0.4 is 5.32 Å². The number of nitrogens with zero attached hydrogens (tertiary/aromatic N) is 1. The van der Waals surface area contributed by atoms with Crippen molar-refractivity contribution in [2.45, 2.75) is 71.4 Å². The third-order valence-corrected chi connectivity index (χ3v) is 4.83. The van der Waals surface area contributed by atoms with E-state index < -0.39 is 0 Å². The van der Waals surface area contributed by atoms with E-state index in [1.165, 1.54) is 25.7 Å². The van der Waals surface area contributed by atoms with Crippen LogP contribution in [-0.4, -0.2) is 47.7 Å². The summed E-state index contributed by atoms with van der Waals surface area (Å²) in [6.07, 6.45) is 7.09. The van der Waals surface area contributed by atoms with Gasteiger partial charge >= 0.3 is 0 Å². The number of likely N-dealkylation sites (tertiary alicyclic amines) is 1. The minimum Gasteiger partial charge on any atom is -0.396 e. The van der Waals surface area contributed by atoms with Gasteiger partial charge in [-0.05, 0) is 31.6 Å². The fourth-order valence-corrected chi connectivity index (χ4v) is 3.78. The molecule has 1 saturated carbocycles. The van der Waals surface area contributed by atoms with E-state index in [0.29, 0.717) is 18.0 Å². The van der Waals surface area contributed by atoms with Gasteiger partial charge in [0.2, 0.25) is 5.91 Å². The van der Waals surface area contributed by atoms with Crippen molar-refractivity contribution in [2.24, 2.45) is 11.3 Å². The molecule has 2 fully saturated rings. The standard InChI is InChI=1S/C17H32N2O2/c1-17(2,3)16(21)19-11-13(8-9-20)10-15(12-19)18-14-6-4-5-7-14/h13-15,18,20H,4-12H2,1-3H3. The molecule has 21 heavy (non-hydrogen) atoms. The Bertz CT molecular complexity index is 345. The van der Waals surface area contributed by atoms with E-state index in [1.54, 1.807) is 0 Å². The molecule has 0 bridgehead atoms. The molecule has 4 nitrogen and oxygen atoms in total. The van der Waals surface area contributed by atoms with Gasteiger partial charge in [-0.25, -0.2) is 0 Å². The summed E-state index contributed by atoms with van der Waals surface area (Å²) in [6, 6.07) is 1.03. The lowest BCUT2D eigenvalue weighted by Gasteiger charge is -2.41. The van der Waals surface area contributed by atoms with Gasteiger partial charge < -0.3 is 15.3 Å². The first kappa shape index (κ1) is 16.8. The average Bonchev–Trinajstić information content (AvgIpc) is 2.89. The lowest BCUT2D eigenvalue weighted by Crippen LogP contribution is -2.55. The number of aliphatic hydroxyl groups excluding tert-OH is 1. The topological polar surface area (TPSA) is 52.6 Å². The molecule has 2 unspecified atom stereocenters. The van der Waals surface area contributed by atoms with E-state index in [0.717, 1.165) is 25.9 Å². The number of carbonyl (C=O) groups excluding carboxylic acids is 1. The first-order valence-electron chi connectivity index (χ1n) is 8.56. The zero-order valence-corrected chi connectivity index (χ0v) is 13.9. The fraction of sp³-hybridized carbons (Fsp3) is 0.941. The molecule has 1 aliphatic carbocycles. The Kier molecular flexibility index (Phi) is 5.67. The average molecular weight is 296 g/mol. The molecule has 122 valence electrons. The molecule has 1 amide bonds. The second-order valence-corrected chi connectivity index (χ2v) is 7.92. The second kappa shape index (κ2) is 7.10. The van der Waals surface area contributed by atoms with Crippen LogP contribution in [0.5, 0.6) is 0 Å². The summed E-state index contributed by atoms with van der Waals surface area (Å²) in [5, 5.41) is 13.0. The number of rotatable bonds is 4. The Hall–Kier alpha value is -0.610. The van der Waals surface area contributed by atoms with Crippen LogP contribution >= 0.6 is 0 Å². The molecular formula is C17H32N2O2. The molecule has 0 radical (unpaired) electrons. The van der Waals surface area contributed by atoms with Crippen LogP contribution in [0.2, 0.25) is 0 Å². The molecule has 1 aliphatic heterocycles. The quantitative estimate of drug-likeness (QED) is 0.836. The maximum Gasteiger partial charge on any atom is 0.228 e. The summed E-state index contributed by atoms with van der Waals surface area (Å²) in [7, 11) is 0. The lowest BCUT2D eigenvalue weighted by atomic mass is 9.88. The Labute approximate surface area is 129 Å². The number of amides is 1. The molecule has 2 atom stereocenters. The Morgan fingerprint density at radius 2 is 1.86 bits per heavy atom. The highest BCUT2D eigenvalue weighted by Gasteiger charge is 2.35. The van der Waals surface area contributed by atoms with E-state index in [-0.39, 0.29) is 17.9 Å². The van der Waals surface area contributed by atoms with Gasteiger partial charge in [-0.15, -0.1) is 0 Å². The van der Waals surface area contributed by atoms with Crippen molar-refractivity contribution in [3.63, 3.8) is 0 Å². The van der Waals surface area contributed by atoms with Crippen LogP contribution in [-0.2, 0) is 4.79 Å². The predicted octanol–water partition coefficient (Wildman–Crippen LogP) is 2.16. The molecule has 0 aromatic heterocycles. The summed E-state index contributed by atoms with van der Waals surface area (Å²) in [6.45, 7) is 7.82. The summed E-state index contributed by atoms with van der Waals surface area (Å²) in [5.41, 5.74) is -0.320. The molecule has 1 saturated heterocycles. The van der Waals surface area contributed by atoms with E-state index in [4.69, 9.17) is 0 Å². The van der Waals surface area contributed by atoms with Crippen LogP contribution in [0.3, 0.4) is 0 Å². The maximum absolute atomic E-state index is 12.6. The van der Waals surface area contributed by atoms with E-state index >= 15 is 0 Å². The molecule has 2 N–H and O–H groups in total. The van der Waals surface area contributed by atoms with Gasteiger partial charge in [-0.2, -0.15) is 0 Å². The van der Waals surface area contributed by atoms with Gasteiger partial charge in [0.15, 0.2) is 0 Å². The summed E-state index contributed by atoms with van der Waals surface area (Å²) in [4.78, 5) is 14.6. The van der Waals surface area contributed by atoms with E-state index in [9.17, 15) is 9.90 Å². The van der Waals surface area contributed by atoms with Crippen molar-refractivity contribution in [2.75, 3.05) is 19.7 Å². The molecular weight excluding hydrogens is 264 g/mol. The van der Waals surface area contributed by atoms with Crippen molar-refractivity contribution in [1.29, 1.82) is 0 Å². The van der Waals surface area contributed by atoms with Crippen molar-refractivity contribution < 1.29 is 9.90 Å². The van der Waals surface area contributed by atoms with Crippen LogP contribution in [0.1, 0.15) is 59.3 Å². The van der Waals surface area contributed by atoms with Gasteiger partial charge in [-0.3, -0.25) is 4.79 Å². The van der Waals surface area contributed by atoms with Gasteiger partial charge in [0.1, 0.15) is 0 Å².